The Labute approximate surface area is 170 Å². The minimum absolute atomic E-state index is 0.0859. The van der Waals surface area contributed by atoms with Crippen molar-refractivity contribution in [1.29, 1.82) is 0 Å². The van der Waals surface area contributed by atoms with Gasteiger partial charge in [0.2, 0.25) is 0 Å². The van der Waals surface area contributed by atoms with Gasteiger partial charge in [-0.25, -0.2) is 4.98 Å². The number of halogens is 1. The summed E-state index contributed by atoms with van der Waals surface area (Å²) in [5, 5.41) is 0.709. The average molecular weight is 395 g/mol. The number of pyridine rings is 1. The van der Waals surface area contributed by atoms with Gasteiger partial charge in [0.05, 0.1) is 0 Å². The molecule has 1 aromatic carbocycles. The zero-order valence-corrected chi connectivity index (χ0v) is 16.6. The molecule has 1 amide bonds. The largest absolute Gasteiger partial charge is 0.353 e. The van der Waals surface area contributed by atoms with Crippen molar-refractivity contribution in [3.63, 3.8) is 0 Å². The molecular weight excluding hydrogens is 372 g/mol. The number of hydrogen-bond acceptors (Lipinski definition) is 3. The maximum atomic E-state index is 13.2. The molecule has 1 aliphatic rings. The molecule has 0 saturated carbocycles. The number of nitrogens with zero attached hydrogens (tertiary/aromatic N) is 4. The first kappa shape index (κ1) is 18.6. The van der Waals surface area contributed by atoms with E-state index in [0.29, 0.717) is 18.1 Å². The van der Waals surface area contributed by atoms with Gasteiger partial charge in [0.1, 0.15) is 11.5 Å². The normalized spacial score (nSPS) is 14.4. The van der Waals surface area contributed by atoms with Gasteiger partial charge in [-0.2, -0.15) is 0 Å². The van der Waals surface area contributed by atoms with Crippen LogP contribution in [0.5, 0.6) is 0 Å². The van der Waals surface area contributed by atoms with Crippen LogP contribution in [0, 0.1) is 0 Å². The van der Waals surface area contributed by atoms with Crippen molar-refractivity contribution in [2.45, 2.75) is 13.5 Å². The van der Waals surface area contributed by atoms with Gasteiger partial charge in [-0.1, -0.05) is 29.8 Å². The van der Waals surface area contributed by atoms with Crippen molar-refractivity contribution in [1.82, 2.24) is 14.5 Å². The van der Waals surface area contributed by atoms with Crippen LogP contribution in [-0.2, 0) is 6.54 Å². The van der Waals surface area contributed by atoms with E-state index in [-0.39, 0.29) is 5.91 Å². The molecule has 0 spiro atoms. The fourth-order valence-corrected chi connectivity index (χ4v) is 3.72. The molecule has 0 unspecified atom stereocenters. The van der Waals surface area contributed by atoms with Gasteiger partial charge in [-0.3, -0.25) is 4.79 Å². The number of piperazine rings is 1. The molecular formula is C22H23ClN4O. The Balaban J connectivity index is 1.50. The van der Waals surface area contributed by atoms with Crippen LogP contribution < -0.4 is 4.90 Å². The first-order chi connectivity index (χ1) is 13.7. The number of amides is 1. The standard InChI is InChI=1S/C22H23ClN4O/c1-2-25-16-18(17-6-8-19(23)9-7-17)15-20(25)22(28)27-13-11-26(12-14-27)21-5-3-4-10-24-21/h3-10,15-16H,2,11-14H2,1H3. The maximum Gasteiger partial charge on any atom is 0.270 e. The van der Waals surface area contributed by atoms with E-state index >= 15 is 0 Å². The van der Waals surface area contributed by atoms with Crippen LogP contribution in [0.2, 0.25) is 5.02 Å². The second-order valence-electron chi connectivity index (χ2n) is 6.87. The molecule has 0 atom stereocenters. The smallest absolute Gasteiger partial charge is 0.270 e. The van der Waals surface area contributed by atoms with Crippen molar-refractivity contribution in [3.05, 3.63) is 71.6 Å². The molecule has 0 radical (unpaired) electrons. The molecule has 3 aromatic rings. The summed E-state index contributed by atoms with van der Waals surface area (Å²) >= 11 is 6.00. The highest BCUT2D eigenvalue weighted by molar-refractivity contribution is 6.30. The predicted molar refractivity (Wildman–Crippen MR) is 113 cm³/mol. The van der Waals surface area contributed by atoms with E-state index in [1.807, 2.05) is 64.2 Å². The predicted octanol–water partition coefficient (Wildman–Crippen LogP) is 4.19. The minimum Gasteiger partial charge on any atom is -0.353 e. The molecule has 2 aromatic heterocycles. The lowest BCUT2D eigenvalue weighted by Crippen LogP contribution is -2.49. The van der Waals surface area contributed by atoms with Crippen LogP contribution in [0.3, 0.4) is 0 Å². The van der Waals surface area contributed by atoms with Crippen LogP contribution in [0.25, 0.3) is 11.1 Å². The zero-order valence-electron chi connectivity index (χ0n) is 15.9. The number of carbonyl (C=O) groups is 1. The number of aryl methyl sites for hydroxylation is 1. The van der Waals surface area contributed by atoms with Crippen molar-refractivity contribution >= 4 is 23.3 Å². The summed E-state index contributed by atoms with van der Waals surface area (Å²) in [5.41, 5.74) is 2.83. The second kappa shape index (κ2) is 8.07. The molecule has 3 heterocycles. The van der Waals surface area contributed by atoms with Crippen LogP contribution >= 0.6 is 11.6 Å². The molecule has 0 aliphatic carbocycles. The first-order valence-corrected chi connectivity index (χ1v) is 9.95. The van der Waals surface area contributed by atoms with E-state index in [9.17, 15) is 4.79 Å². The van der Waals surface area contributed by atoms with E-state index in [4.69, 9.17) is 11.6 Å². The summed E-state index contributed by atoms with van der Waals surface area (Å²) in [7, 11) is 0. The van der Waals surface area contributed by atoms with Gasteiger partial charge in [-0.15, -0.1) is 0 Å². The molecule has 144 valence electrons. The lowest BCUT2D eigenvalue weighted by Gasteiger charge is -2.35. The lowest BCUT2D eigenvalue weighted by molar-refractivity contribution is 0.0736. The molecule has 4 rings (SSSR count). The number of hydrogen-bond donors (Lipinski definition) is 0. The van der Waals surface area contributed by atoms with E-state index in [0.717, 1.165) is 42.3 Å². The second-order valence-corrected chi connectivity index (χ2v) is 7.31. The van der Waals surface area contributed by atoms with Crippen LogP contribution in [0.4, 0.5) is 5.82 Å². The minimum atomic E-state index is 0.0859. The highest BCUT2D eigenvalue weighted by Gasteiger charge is 2.25. The zero-order chi connectivity index (χ0) is 19.5. The molecule has 0 N–H and O–H groups in total. The molecule has 1 fully saturated rings. The maximum absolute atomic E-state index is 13.2. The summed E-state index contributed by atoms with van der Waals surface area (Å²) in [4.78, 5) is 21.7. The van der Waals surface area contributed by atoms with Crippen LogP contribution in [0.15, 0.2) is 60.9 Å². The fourth-order valence-electron chi connectivity index (χ4n) is 3.59. The number of aromatic nitrogens is 2. The van der Waals surface area contributed by atoms with Crippen molar-refractivity contribution in [3.8, 4) is 11.1 Å². The monoisotopic (exact) mass is 394 g/mol. The Morgan fingerprint density at radius 3 is 2.43 bits per heavy atom. The molecule has 0 bridgehead atoms. The third-order valence-corrected chi connectivity index (χ3v) is 5.43. The summed E-state index contributed by atoms with van der Waals surface area (Å²) in [5.74, 6) is 1.05. The summed E-state index contributed by atoms with van der Waals surface area (Å²) in [6.07, 6.45) is 3.85. The Bertz CT molecular complexity index is 944. The number of anilines is 1. The average Bonchev–Trinajstić information content (AvgIpc) is 3.19. The van der Waals surface area contributed by atoms with E-state index in [1.165, 1.54) is 0 Å². The van der Waals surface area contributed by atoms with Crippen LogP contribution in [-0.4, -0.2) is 46.5 Å². The third-order valence-electron chi connectivity index (χ3n) is 5.17. The molecule has 6 heteroatoms. The van der Waals surface area contributed by atoms with Crippen molar-refractivity contribution < 1.29 is 4.79 Å². The number of rotatable bonds is 4. The van der Waals surface area contributed by atoms with E-state index < -0.39 is 0 Å². The molecule has 5 nitrogen and oxygen atoms in total. The lowest BCUT2D eigenvalue weighted by atomic mass is 10.1. The highest BCUT2D eigenvalue weighted by Crippen LogP contribution is 2.25. The summed E-state index contributed by atoms with van der Waals surface area (Å²) in [6, 6.07) is 15.6. The topological polar surface area (TPSA) is 41.4 Å². The molecule has 28 heavy (non-hydrogen) atoms. The SMILES string of the molecule is CCn1cc(-c2ccc(Cl)cc2)cc1C(=O)N1CCN(c2ccccn2)CC1. The Morgan fingerprint density at radius 1 is 1.04 bits per heavy atom. The Morgan fingerprint density at radius 2 is 1.79 bits per heavy atom. The molecule has 1 saturated heterocycles. The van der Waals surface area contributed by atoms with E-state index in [2.05, 4.69) is 16.8 Å². The fraction of sp³-hybridized carbons (Fsp3) is 0.273. The molecule has 1 aliphatic heterocycles. The van der Waals surface area contributed by atoms with Crippen LogP contribution in [0.1, 0.15) is 17.4 Å². The van der Waals surface area contributed by atoms with Gasteiger partial charge in [0, 0.05) is 55.7 Å². The Kier molecular flexibility index (Phi) is 5.35. The summed E-state index contributed by atoms with van der Waals surface area (Å²) in [6.45, 7) is 5.78. The highest BCUT2D eigenvalue weighted by atomic mass is 35.5. The third kappa shape index (κ3) is 3.76. The summed E-state index contributed by atoms with van der Waals surface area (Å²) < 4.78 is 2.03. The van der Waals surface area contributed by atoms with Crippen molar-refractivity contribution in [2.24, 2.45) is 0 Å². The number of benzene rings is 1. The quantitative estimate of drug-likeness (QED) is 0.666. The van der Waals surface area contributed by atoms with Crippen molar-refractivity contribution in [2.75, 3.05) is 31.1 Å². The first-order valence-electron chi connectivity index (χ1n) is 9.57. The van der Waals surface area contributed by atoms with Gasteiger partial charge >= 0.3 is 0 Å². The van der Waals surface area contributed by atoms with Gasteiger partial charge in [-0.05, 0) is 42.8 Å². The van der Waals surface area contributed by atoms with Gasteiger partial charge in [0.25, 0.3) is 5.91 Å². The van der Waals surface area contributed by atoms with Gasteiger partial charge in [0.15, 0.2) is 0 Å². The Hall–Kier alpha value is -2.79. The van der Waals surface area contributed by atoms with E-state index in [1.54, 1.807) is 6.20 Å². The van der Waals surface area contributed by atoms with Gasteiger partial charge < -0.3 is 14.4 Å². The number of carbonyl (C=O) groups excluding carboxylic acids is 1.